The molecule has 0 radical (unpaired) electrons. The number of methoxy groups -OCH3 is 1. The first-order valence-corrected chi connectivity index (χ1v) is 7.38. The number of rotatable bonds is 4. The van der Waals surface area contributed by atoms with Crippen molar-refractivity contribution in [3.8, 4) is 5.75 Å². The highest BCUT2D eigenvalue weighted by Gasteiger charge is 2.42. The highest BCUT2D eigenvalue weighted by Crippen LogP contribution is 2.39. The van der Waals surface area contributed by atoms with Crippen molar-refractivity contribution >= 4 is 21.7 Å². The minimum atomic E-state index is -0.382. The number of hydrogen-bond acceptors (Lipinski definition) is 3. The first-order valence-electron chi connectivity index (χ1n) is 6.58. The molecule has 0 aromatic heterocycles. The molecular weight excluding hydrogens is 306 g/mol. The van der Waals surface area contributed by atoms with E-state index in [-0.39, 0.29) is 17.2 Å². The normalized spacial score (nSPS) is 26.4. The van der Waals surface area contributed by atoms with Gasteiger partial charge in [0.05, 0.1) is 7.11 Å². The molecule has 4 heteroatoms. The van der Waals surface area contributed by atoms with E-state index in [2.05, 4.69) is 15.9 Å². The zero-order chi connectivity index (χ0) is 14.0. The average molecular weight is 326 g/mol. The van der Waals surface area contributed by atoms with Crippen LogP contribution in [0.4, 0.5) is 0 Å². The van der Waals surface area contributed by atoms with E-state index in [0.717, 1.165) is 35.0 Å². The standard InChI is InChI=1S/C15H20BrNO2/c1-15(7-3-4-13(15)17)14(18)9-10-8-11(16)5-6-12(10)19-2/h5-6,8,13H,3-4,7,9,17H2,1-2H3. The van der Waals surface area contributed by atoms with Gasteiger partial charge in [0.15, 0.2) is 0 Å². The summed E-state index contributed by atoms with van der Waals surface area (Å²) < 4.78 is 6.27. The Morgan fingerprint density at radius 3 is 2.89 bits per heavy atom. The summed E-state index contributed by atoms with van der Waals surface area (Å²) in [5.41, 5.74) is 6.64. The summed E-state index contributed by atoms with van der Waals surface area (Å²) >= 11 is 3.43. The Kier molecular flexibility index (Phi) is 4.31. The number of carbonyl (C=O) groups is 1. The molecule has 1 aromatic carbocycles. The van der Waals surface area contributed by atoms with Gasteiger partial charge in [0.2, 0.25) is 0 Å². The molecule has 1 saturated carbocycles. The molecule has 1 fully saturated rings. The molecule has 2 rings (SSSR count). The first-order chi connectivity index (χ1) is 8.97. The van der Waals surface area contributed by atoms with Crippen LogP contribution < -0.4 is 10.5 Å². The van der Waals surface area contributed by atoms with E-state index in [0.29, 0.717) is 6.42 Å². The van der Waals surface area contributed by atoms with Gasteiger partial charge in [-0.05, 0) is 31.0 Å². The van der Waals surface area contributed by atoms with Crippen LogP contribution >= 0.6 is 15.9 Å². The number of Topliss-reactive ketones (excluding diaryl/α,β-unsaturated/α-hetero) is 1. The maximum Gasteiger partial charge on any atom is 0.144 e. The van der Waals surface area contributed by atoms with E-state index in [9.17, 15) is 4.79 Å². The molecule has 0 aliphatic heterocycles. The molecular formula is C15H20BrNO2. The number of ether oxygens (including phenoxy) is 1. The summed E-state index contributed by atoms with van der Waals surface area (Å²) in [5.74, 6) is 0.973. The second kappa shape index (κ2) is 5.63. The third-order valence-corrected chi connectivity index (χ3v) is 4.75. The zero-order valence-electron chi connectivity index (χ0n) is 11.4. The van der Waals surface area contributed by atoms with Gasteiger partial charge in [-0.3, -0.25) is 4.79 Å². The molecule has 1 aromatic rings. The van der Waals surface area contributed by atoms with Gasteiger partial charge in [0.25, 0.3) is 0 Å². The molecule has 2 unspecified atom stereocenters. The topological polar surface area (TPSA) is 52.3 Å². The van der Waals surface area contributed by atoms with Crippen molar-refractivity contribution in [3.05, 3.63) is 28.2 Å². The fourth-order valence-corrected chi connectivity index (χ4v) is 3.21. The Labute approximate surface area is 122 Å². The summed E-state index contributed by atoms with van der Waals surface area (Å²) in [4.78, 5) is 12.6. The number of nitrogens with two attached hydrogens (primary N) is 1. The predicted molar refractivity (Wildman–Crippen MR) is 79.3 cm³/mol. The zero-order valence-corrected chi connectivity index (χ0v) is 13.0. The van der Waals surface area contributed by atoms with Crippen LogP contribution in [0.25, 0.3) is 0 Å². The van der Waals surface area contributed by atoms with E-state index < -0.39 is 0 Å². The Bertz CT molecular complexity index is 489. The number of benzene rings is 1. The molecule has 1 aliphatic rings. The van der Waals surface area contributed by atoms with Crippen LogP contribution in [0.15, 0.2) is 22.7 Å². The van der Waals surface area contributed by atoms with Gasteiger partial charge in [0.1, 0.15) is 11.5 Å². The van der Waals surface area contributed by atoms with Gasteiger partial charge in [-0.15, -0.1) is 0 Å². The third-order valence-electron chi connectivity index (χ3n) is 4.26. The lowest BCUT2D eigenvalue weighted by molar-refractivity contribution is -0.127. The van der Waals surface area contributed by atoms with E-state index in [1.807, 2.05) is 25.1 Å². The van der Waals surface area contributed by atoms with Crippen molar-refractivity contribution in [2.75, 3.05) is 7.11 Å². The highest BCUT2D eigenvalue weighted by molar-refractivity contribution is 9.10. The molecule has 0 bridgehead atoms. The largest absolute Gasteiger partial charge is 0.496 e. The van der Waals surface area contributed by atoms with Gasteiger partial charge in [-0.1, -0.05) is 29.3 Å². The van der Waals surface area contributed by atoms with Crippen molar-refractivity contribution in [3.63, 3.8) is 0 Å². The maximum absolute atomic E-state index is 12.6. The first kappa shape index (κ1) is 14.5. The van der Waals surface area contributed by atoms with E-state index >= 15 is 0 Å². The SMILES string of the molecule is COc1ccc(Br)cc1CC(=O)C1(C)CCCC1N. The molecule has 19 heavy (non-hydrogen) atoms. The van der Waals surface area contributed by atoms with Gasteiger partial charge in [0, 0.05) is 27.9 Å². The van der Waals surface area contributed by atoms with Gasteiger partial charge in [-0.25, -0.2) is 0 Å². The molecule has 3 nitrogen and oxygen atoms in total. The molecule has 0 heterocycles. The molecule has 2 N–H and O–H groups in total. The fraction of sp³-hybridized carbons (Fsp3) is 0.533. The summed E-state index contributed by atoms with van der Waals surface area (Å²) in [6.45, 7) is 2.00. The molecule has 1 aliphatic carbocycles. The van der Waals surface area contributed by atoms with Crippen LogP contribution in [0.3, 0.4) is 0 Å². The van der Waals surface area contributed by atoms with Crippen LogP contribution in [0.5, 0.6) is 5.75 Å². The Morgan fingerprint density at radius 1 is 1.58 bits per heavy atom. The predicted octanol–water partition coefficient (Wildman–Crippen LogP) is 3.09. The molecule has 104 valence electrons. The van der Waals surface area contributed by atoms with Crippen molar-refractivity contribution in [2.45, 2.75) is 38.6 Å². The summed E-state index contributed by atoms with van der Waals surface area (Å²) in [7, 11) is 1.63. The summed E-state index contributed by atoms with van der Waals surface area (Å²) in [6, 6.07) is 5.72. The third kappa shape index (κ3) is 2.84. The van der Waals surface area contributed by atoms with Crippen molar-refractivity contribution < 1.29 is 9.53 Å². The number of hydrogen-bond donors (Lipinski definition) is 1. The Balaban J connectivity index is 2.21. The lowest BCUT2D eigenvalue weighted by Crippen LogP contribution is -2.41. The van der Waals surface area contributed by atoms with Crippen LogP contribution in [-0.4, -0.2) is 18.9 Å². The van der Waals surface area contributed by atoms with Crippen LogP contribution in [0, 0.1) is 5.41 Å². The average Bonchev–Trinajstić information content (AvgIpc) is 2.71. The second-order valence-electron chi connectivity index (χ2n) is 5.47. The molecule has 0 saturated heterocycles. The van der Waals surface area contributed by atoms with E-state index in [1.54, 1.807) is 7.11 Å². The molecule has 0 spiro atoms. The number of carbonyl (C=O) groups excluding carboxylic acids is 1. The van der Waals surface area contributed by atoms with E-state index in [4.69, 9.17) is 10.5 Å². The van der Waals surface area contributed by atoms with Crippen molar-refractivity contribution in [1.29, 1.82) is 0 Å². The van der Waals surface area contributed by atoms with Gasteiger partial charge < -0.3 is 10.5 Å². The second-order valence-corrected chi connectivity index (χ2v) is 6.39. The maximum atomic E-state index is 12.6. The summed E-state index contributed by atoms with van der Waals surface area (Å²) in [6.07, 6.45) is 3.26. The van der Waals surface area contributed by atoms with Crippen molar-refractivity contribution in [2.24, 2.45) is 11.1 Å². The van der Waals surface area contributed by atoms with Crippen LogP contribution in [0.1, 0.15) is 31.7 Å². The van der Waals surface area contributed by atoms with Crippen LogP contribution in [0.2, 0.25) is 0 Å². The molecule has 0 amide bonds. The smallest absolute Gasteiger partial charge is 0.144 e. The lowest BCUT2D eigenvalue weighted by Gasteiger charge is -2.27. The molecule has 2 atom stereocenters. The quantitative estimate of drug-likeness (QED) is 0.925. The minimum Gasteiger partial charge on any atom is -0.496 e. The number of halogens is 1. The van der Waals surface area contributed by atoms with Gasteiger partial charge in [-0.2, -0.15) is 0 Å². The fourth-order valence-electron chi connectivity index (χ4n) is 2.80. The minimum absolute atomic E-state index is 0.0156. The monoisotopic (exact) mass is 325 g/mol. The lowest BCUT2D eigenvalue weighted by atomic mass is 9.78. The number of ketones is 1. The van der Waals surface area contributed by atoms with Crippen molar-refractivity contribution in [1.82, 2.24) is 0 Å². The van der Waals surface area contributed by atoms with Crippen LogP contribution in [-0.2, 0) is 11.2 Å². The summed E-state index contributed by atoms with van der Waals surface area (Å²) in [5, 5.41) is 0. The van der Waals surface area contributed by atoms with Gasteiger partial charge >= 0.3 is 0 Å². The Hall–Kier alpha value is -0.870. The highest BCUT2D eigenvalue weighted by atomic mass is 79.9. The van der Waals surface area contributed by atoms with E-state index in [1.165, 1.54) is 0 Å². The Morgan fingerprint density at radius 2 is 2.32 bits per heavy atom.